The second kappa shape index (κ2) is 6.90. The van der Waals surface area contributed by atoms with Crippen molar-refractivity contribution in [2.45, 2.75) is 13.2 Å². The van der Waals surface area contributed by atoms with Gasteiger partial charge in [0.15, 0.2) is 0 Å². The quantitative estimate of drug-likeness (QED) is 0.777. The molecule has 0 aliphatic heterocycles. The van der Waals surface area contributed by atoms with Gasteiger partial charge in [-0.3, -0.25) is 0 Å². The number of benzene rings is 2. The van der Waals surface area contributed by atoms with Crippen molar-refractivity contribution in [1.29, 1.82) is 0 Å². The molecule has 106 valence electrons. The Morgan fingerprint density at radius 2 is 1.95 bits per heavy atom. The van der Waals surface area contributed by atoms with Crippen LogP contribution < -0.4 is 10.1 Å². The Labute approximate surface area is 128 Å². The molecular formula is C14H11BrClF2NO. The summed E-state index contributed by atoms with van der Waals surface area (Å²) < 4.78 is 29.8. The van der Waals surface area contributed by atoms with Crippen LogP contribution in [-0.2, 0) is 6.54 Å². The molecule has 2 nitrogen and oxygen atoms in total. The Balaban J connectivity index is 2.08. The van der Waals surface area contributed by atoms with E-state index in [1.54, 1.807) is 24.3 Å². The van der Waals surface area contributed by atoms with E-state index in [0.29, 0.717) is 17.3 Å². The molecule has 0 aliphatic carbocycles. The summed E-state index contributed by atoms with van der Waals surface area (Å²) >= 11 is 9.31. The first-order chi connectivity index (χ1) is 9.56. The van der Waals surface area contributed by atoms with Crippen molar-refractivity contribution in [3.8, 4) is 5.75 Å². The summed E-state index contributed by atoms with van der Waals surface area (Å²) in [6, 6.07) is 12.1. The second-order valence-corrected chi connectivity index (χ2v) is 5.24. The molecule has 0 atom stereocenters. The van der Waals surface area contributed by atoms with Gasteiger partial charge in [0.1, 0.15) is 5.75 Å². The number of alkyl halides is 2. The summed E-state index contributed by atoms with van der Waals surface area (Å²) in [5, 5.41) is 3.65. The van der Waals surface area contributed by atoms with E-state index in [-0.39, 0.29) is 5.75 Å². The van der Waals surface area contributed by atoms with Crippen LogP contribution in [0.4, 0.5) is 14.5 Å². The maximum absolute atomic E-state index is 12.3. The topological polar surface area (TPSA) is 21.3 Å². The third-order valence-corrected chi connectivity index (χ3v) is 3.80. The Morgan fingerprint density at radius 3 is 2.65 bits per heavy atom. The van der Waals surface area contributed by atoms with Crippen molar-refractivity contribution in [2.75, 3.05) is 5.32 Å². The zero-order valence-electron chi connectivity index (χ0n) is 10.2. The molecule has 2 aromatic carbocycles. The molecule has 2 aromatic rings. The number of hydrogen-bond acceptors (Lipinski definition) is 2. The highest BCUT2D eigenvalue weighted by molar-refractivity contribution is 9.10. The first-order valence-corrected chi connectivity index (χ1v) is 6.95. The first-order valence-electron chi connectivity index (χ1n) is 5.78. The van der Waals surface area contributed by atoms with E-state index in [4.69, 9.17) is 11.6 Å². The average molecular weight is 363 g/mol. The lowest BCUT2D eigenvalue weighted by molar-refractivity contribution is -0.0493. The molecule has 1 N–H and O–H groups in total. The maximum Gasteiger partial charge on any atom is 0.387 e. The molecular weight excluding hydrogens is 352 g/mol. The summed E-state index contributed by atoms with van der Waals surface area (Å²) in [5.74, 6) is 0.116. The molecule has 20 heavy (non-hydrogen) atoms. The van der Waals surface area contributed by atoms with E-state index >= 15 is 0 Å². The number of ether oxygens (including phenoxy) is 1. The van der Waals surface area contributed by atoms with Gasteiger partial charge in [0.2, 0.25) is 0 Å². The summed E-state index contributed by atoms with van der Waals surface area (Å²) in [5.41, 5.74) is 1.44. The number of para-hydroxylation sites is 2. The van der Waals surface area contributed by atoms with Crippen molar-refractivity contribution in [1.82, 2.24) is 0 Å². The lowest BCUT2D eigenvalue weighted by Gasteiger charge is -2.12. The van der Waals surface area contributed by atoms with Crippen LogP contribution in [-0.4, -0.2) is 6.61 Å². The van der Waals surface area contributed by atoms with Gasteiger partial charge in [-0.05, 0) is 45.8 Å². The molecule has 6 heteroatoms. The lowest BCUT2D eigenvalue weighted by atomic mass is 10.2. The molecule has 0 saturated carbocycles. The molecule has 0 fully saturated rings. The molecule has 0 heterocycles. The van der Waals surface area contributed by atoms with Gasteiger partial charge in [0, 0.05) is 11.0 Å². The smallest absolute Gasteiger partial charge is 0.387 e. The number of rotatable bonds is 5. The lowest BCUT2D eigenvalue weighted by Crippen LogP contribution is -2.06. The number of hydrogen-bond donors (Lipinski definition) is 1. The fourth-order valence-electron chi connectivity index (χ4n) is 1.66. The Hall–Kier alpha value is -1.33. The fraction of sp³-hybridized carbons (Fsp3) is 0.143. The average Bonchev–Trinajstić information content (AvgIpc) is 2.41. The number of anilines is 1. The van der Waals surface area contributed by atoms with Gasteiger partial charge in [-0.15, -0.1) is 0 Å². The van der Waals surface area contributed by atoms with E-state index in [1.165, 1.54) is 6.07 Å². The van der Waals surface area contributed by atoms with E-state index < -0.39 is 6.61 Å². The van der Waals surface area contributed by atoms with E-state index in [0.717, 1.165) is 10.0 Å². The maximum atomic E-state index is 12.3. The van der Waals surface area contributed by atoms with Crippen LogP contribution in [0, 0.1) is 0 Å². The molecule has 0 aliphatic rings. The fourth-order valence-corrected chi connectivity index (χ4v) is 2.11. The Morgan fingerprint density at radius 1 is 1.20 bits per heavy atom. The standard InChI is InChI=1S/C14H11BrClF2NO/c15-10-6-5-9(7-11(10)16)8-19-12-3-1-2-4-13(12)20-14(17)18/h1-7,14,19H,8H2. The van der Waals surface area contributed by atoms with Crippen LogP contribution in [0.2, 0.25) is 5.02 Å². The predicted molar refractivity (Wildman–Crippen MR) is 79.6 cm³/mol. The molecule has 0 aromatic heterocycles. The van der Waals surface area contributed by atoms with Crippen LogP contribution in [0.15, 0.2) is 46.9 Å². The monoisotopic (exact) mass is 361 g/mol. The number of halogens is 4. The minimum Gasteiger partial charge on any atom is -0.433 e. The summed E-state index contributed by atoms with van der Waals surface area (Å²) in [6.45, 7) is -2.39. The third kappa shape index (κ3) is 4.08. The largest absolute Gasteiger partial charge is 0.433 e. The zero-order chi connectivity index (χ0) is 14.5. The van der Waals surface area contributed by atoms with Crippen LogP contribution in [0.3, 0.4) is 0 Å². The van der Waals surface area contributed by atoms with Gasteiger partial charge < -0.3 is 10.1 Å². The van der Waals surface area contributed by atoms with Crippen LogP contribution >= 0.6 is 27.5 Å². The SMILES string of the molecule is FC(F)Oc1ccccc1NCc1ccc(Br)c(Cl)c1. The molecule has 0 unspecified atom stereocenters. The normalized spacial score (nSPS) is 10.7. The highest BCUT2D eigenvalue weighted by atomic mass is 79.9. The van der Waals surface area contributed by atoms with Crippen LogP contribution in [0.25, 0.3) is 0 Å². The van der Waals surface area contributed by atoms with Crippen molar-refractivity contribution in [3.05, 3.63) is 57.5 Å². The summed E-state index contributed by atoms with van der Waals surface area (Å²) in [6.07, 6.45) is 0. The van der Waals surface area contributed by atoms with Gasteiger partial charge in [0.05, 0.1) is 10.7 Å². The third-order valence-electron chi connectivity index (χ3n) is 2.57. The van der Waals surface area contributed by atoms with Gasteiger partial charge >= 0.3 is 6.61 Å². The first kappa shape index (κ1) is 15.1. The molecule has 0 radical (unpaired) electrons. The van der Waals surface area contributed by atoms with E-state index in [1.807, 2.05) is 12.1 Å². The van der Waals surface area contributed by atoms with E-state index in [9.17, 15) is 8.78 Å². The van der Waals surface area contributed by atoms with Gasteiger partial charge in [-0.2, -0.15) is 8.78 Å². The highest BCUT2D eigenvalue weighted by Crippen LogP contribution is 2.27. The predicted octanol–water partition coefficient (Wildman–Crippen LogP) is 5.32. The van der Waals surface area contributed by atoms with Crippen molar-refractivity contribution in [3.63, 3.8) is 0 Å². The zero-order valence-corrected chi connectivity index (χ0v) is 12.6. The molecule has 2 rings (SSSR count). The molecule has 0 spiro atoms. The van der Waals surface area contributed by atoms with E-state index in [2.05, 4.69) is 26.0 Å². The second-order valence-electron chi connectivity index (χ2n) is 3.98. The molecule has 0 saturated heterocycles. The van der Waals surface area contributed by atoms with Crippen LogP contribution in [0.1, 0.15) is 5.56 Å². The Kier molecular flexibility index (Phi) is 5.20. The van der Waals surface area contributed by atoms with Crippen molar-refractivity contribution in [2.24, 2.45) is 0 Å². The van der Waals surface area contributed by atoms with Gasteiger partial charge in [0.25, 0.3) is 0 Å². The Bertz CT molecular complexity index is 595. The minimum absolute atomic E-state index is 0.116. The summed E-state index contributed by atoms with van der Waals surface area (Å²) in [7, 11) is 0. The van der Waals surface area contributed by atoms with Gasteiger partial charge in [-0.25, -0.2) is 0 Å². The minimum atomic E-state index is -2.85. The molecule has 0 bridgehead atoms. The summed E-state index contributed by atoms with van der Waals surface area (Å²) in [4.78, 5) is 0. The van der Waals surface area contributed by atoms with Crippen molar-refractivity contribution < 1.29 is 13.5 Å². The van der Waals surface area contributed by atoms with Crippen molar-refractivity contribution >= 4 is 33.2 Å². The highest BCUT2D eigenvalue weighted by Gasteiger charge is 2.08. The van der Waals surface area contributed by atoms with Crippen LogP contribution in [0.5, 0.6) is 5.75 Å². The molecule has 0 amide bonds. The van der Waals surface area contributed by atoms with Gasteiger partial charge in [-0.1, -0.05) is 29.8 Å². The number of nitrogens with one attached hydrogen (secondary N) is 1.